The Morgan fingerprint density at radius 1 is 1.40 bits per heavy atom. The Bertz CT molecular complexity index is 454. The zero-order chi connectivity index (χ0) is 15.1. The van der Waals surface area contributed by atoms with Crippen molar-refractivity contribution in [1.82, 2.24) is 14.9 Å². The lowest BCUT2D eigenvalue weighted by atomic mass is 10.3. The highest BCUT2D eigenvalue weighted by Crippen LogP contribution is 2.27. The monoisotopic (exact) mass is 343 g/mol. The zero-order valence-electron chi connectivity index (χ0n) is 12.4. The van der Waals surface area contributed by atoms with Gasteiger partial charge in [-0.3, -0.25) is 4.79 Å². The maximum Gasteiger partial charge on any atom is 0.244 e. The summed E-state index contributed by atoms with van der Waals surface area (Å²) >= 11 is 3.47. The SMILES string of the molecule is CCCNc1ncnc(NC(C)C(=O)N(C)CC)c1Br. The summed E-state index contributed by atoms with van der Waals surface area (Å²) in [5.41, 5.74) is 0. The third-order valence-corrected chi connectivity index (χ3v) is 3.66. The number of carbonyl (C=O) groups is 1. The van der Waals surface area contributed by atoms with E-state index in [0.29, 0.717) is 12.4 Å². The molecular weight excluding hydrogens is 322 g/mol. The number of nitrogens with zero attached hydrogens (tertiary/aromatic N) is 3. The molecule has 1 amide bonds. The fourth-order valence-electron chi connectivity index (χ4n) is 1.59. The summed E-state index contributed by atoms with van der Waals surface area (Å²) in [6, 6.07) is -0.342. The standard InChI is InChI=1S/C13H22BrN5O/c1-5-7-15-11-10(14)12(17-8-16-11)18-9(3)13(20)19(4)6-2/h8-9H,5-7H2,1-4H3,(H2,15,16,17,18). The molecule has 0 spiro atoms. The predicted octanol–water partition coefficient (Wildman–Crippen LogP) is 2.34. The van der Waals surface area contributed by atoms with Crippen molar-refractivity contribution in [2.24, 2.45) is 0 Å². The summed E-state index contributed by atoms with van der Waals surface area (Å²) in [4.78, 5) is 22.1. The Kier molecular flexibility index (Phi) is 6.70. The molecule has 6 nitrogen and oxygen atoms in total. The lowest BCUT2D eigenvalue weighted by Gasteiger charge is -2.21. The van der Waals surface area contributed by atoms with Gasteiger partial charge in [-0.1, -0.05) is 6.92 Å². The molecule has 0 aromatic carbocycles. The second-order valence-electron chi connectivity index (χ2n) is 4.53. The van der Waals surface area contributed by atoms with E-state index >= 15 is 0 Å². The van der Waals surface area contributed by atoms with Crippen LogP contribution >= 0.6 is 15.9 Å². The van der Waals surface area contributed by atoms with E-state index < -0.39 is 0 Å². The van der Waals surface area contributed by atoms with Crippen LogP contribution in [0, 0.1) is 0 Å². The number of carbonyl (C=O) groups excluding carboxylic acids is 1. The van der Waals surface area contributed by atoms with Crippen molar-refractivity contribution >= 4 is 33.5 Å². The topological polar surface area (TPSA) is 70.1 Å². The molecule has 0 aliphatic heterocycles. The fraction of sp³-hybridized carbons (Fsp3) is 0.615. The van der Waals surface area contributed by atoms with Gasteiger partial charge in [0.2, 0.25) is 5.91 Å². The van der Waals surface area contributed by atoms with Crippen molar-refractivity contribution in [2.45, 2.75) is 33.2 Å². The van der Waals surface area contributed by atoms with Crippen LogP contribution in [-0.2, 0) is 4.79 Å². The van der Waals surface area contributed by atoms with Crippen molar-refractivity contribution in [2.75, 3.05) is 30.8 Å². The summed E-state index contributed by atoms with van der Waals surface area (Å²) < 4.78 is 0.743. The number of hydrogen-bond donors (Lipinski definition) is 2. The number of anilines is 2. The molecular formula is C13H22BrN5O. The van der Waals surface area contributed by atoms with E-state index in [-0.39, 0.29) is 11.9 Å². The predicted molar refractivity (Wildman–Crippen MR) is 84.9 cm³/mol. The maximum atomic E-state index is 12.0. The molecule has 0 fully saturated rings. The molecule has 20 heavy (non-hydrogen) atoms. The Balaban J connectivity index is 2.79. The average molecular weight is 344 g/mol. The van der Waals surface area contributed by atoms with Crippen molar-refractivity contribution in [3.63, 3.8) is 0 Å². The number of halogens is 1. The van der Waals surface area contributed by atoms with Crippen LogP contribution in [0.5, 0.6) is 0 Å². The third-order valence-electron chi connectivity index (χ3n) is 2.91. The number of nitrogens with one attached hydrogen (secondary N) is 2. The van der Waals surface area contributed by atoms with Crippen LogP contribution in [0.4, 0.5) is 11.6 Å². The first-order valence-corrected chi connectivity index (χ1v) is 7.56. The maximum absolute atomic E-state index is 12.0. The lowest BCUT2D eigenvalue weighted by Crippen LogP contribution is -2.39. The Hall–Kier alpha value is -1.37. The molecule has 0 saturated carbocycles. The molecule has 112 valence electrons. The minimum Gasteiger partial charge on any atom is -0.369 e. The van der Waals surface area contributed by atoms with Gasteiger partial charge in [0.05, 0.1) is 0 Å². The van der Waals surface area contributed by atoms with E-state index in [2.05, 4.69) is 43.5 Å². The molecule has 1 heterocycles. The van der Waals surface area contributed by atoms with Crippen LogP contribution in [0.1, 0.15) is 27.2 Å². The summed E-state index contributed by atoms with van der Waals surface area (Å²) in [7, 11) is 1.78. The molecule has 1 rings (SSSR count). The third kappa shape index (κ3) is 4.33. The molecule has 0 aliphatic carbocycles. The molecule has 2 N–H and O–H groups in total. The fourth-order valence-corrected chi connectivity index (χ4v) is 2.05. The zero-order valence-corrected chi connectivity index (χ0v) is 14.0. The molecule has 1 atom stereocenters. The van der Waals surface area contributed by atoms with Gasteiger partial charge >= 0.3 is 0 Å². The van der Waals surface area contributed by atoms with E-state index in [4.69, 9.17) is 0 Å². The van der Waals surface area contributed by atoms with Crippen LogP contribution in [0.3, 0.4) is 0 Å². The van der Waals surface area contributed by atoms with E-state index in [1.807, 2.05) is 13.8 Å². The van der Waals surface area contributed by atoms with Crippen LogP contribution in [0.15, 0.2) is 10.8 Å². The molecule has 0 bridgehead atoms. The minimum atomic E-state index is -0.342. The summed E-state index contributed by atoms with van der Waals surface area (Å²) in [6.45, 7) is 7.37. The molecule has 1 aromatic heterocycles. The van der Waals surface area contributed by atoms with Gasteiger partial charge < -0.3 is 15.5 Å². The van der Waals surface area contributed by atoms with E-state index in [0.717, 1.165) is 23.3 Å². The lowest BCUT2D eigenvalue weighted by molar-refractivity contribution is -0.130. The number of aromatic nitrogens is 2. The summed E-state index contributed by atoms with van der Waals surface area (Å²) in [5.74, 6) is 1.37. The van der Waals surface area contributed by atoms with Crippen LogP contribution < -0.4 is 10.6 Å². The molecule has 0 saturated heterocycles. The number of hydrogen-bond acceptors (Lipinski definition) is 5. The quantitative estimate of drug-likeness (QED) is 0.795. The Labute approximate surface area is 128 Å². The van der Waals surface area contributed by atoms with E-state index in [1.54, 1.807) is 11.9 Å². The second-order valence-corrected chi connectivity index (χ2v) is 5.32. The first kappa shape index (κ1) is 16.7. The average Bonchev–Trinajstić information content (AvgIpc) is 2.46. The van der Waals surface area contributed by atoms with Gasteiger partial charge in [-0.15, -0.1) is 0 Å². The van der Waals surface area contributed by atoms with Crippen LogP contribution in [0.25, 0.3) is 0 Å². The van der Waals surface area contributed by atoms with Crippen molar-refractivity contribution in [1.29, 1.82) is 0 Å². The molecule has 1 aromatic rings. The van der Waals surface area contributed by atoms with Gasteiger partial charge in [-0.05, 0) is 36.2 Å². The molecule has 7 heteroatoms. The molecule has 0 aliphatic rings. The minimum absolute atomic E-state index is 0.0288. The number of likely N-dealkylation sites (N-methyl/N-ethyl adjacent to an activating group) is 1. The van der Waals surface area contributed by atoms with Crippen molar-refractivity contribution in [3.05, 3.63) is 10.8 Å². The number of amides is 1. The summed E-state index contributed by atoms with van der Waals surface area (Å²) in [5, 5.41) is 6.32. The normalized spacial score (nSPS) is 11.8. The van der Waals surface area contributed by atoms with E-state index in [1.165, 1.54) is 6.33 Å². The van der Waals surface area contributed by atoms with Gasteiger partial charge in [0.1, 0.15) is 28.5 Å². The van der Waals surface area contributed by atoms with E-state index in [9.17, 15) is 4.79 Å². The first-order chi connectivity index (χ1) is 9.51. The van der Waals surface area contributed by atoms with Crippen LogP contribution in [-0.4, -0.2) is 47.0 Å². The summed E-state index contributed by atoms with van der Waals surface area (Å²) in [6.07, 6.45) is 2.49. The van der Waals surface area contributed by atoms with Gasteiger partial charge in [0.15, 0.2) is 0 Å². The van der Waals surface area contributed by atoms with Crippen molar-refractivity contribution in [3.8, 4) is 0 Å². The first-order valence-electron chi connectivity index (χ1n) is 6.77. The van der Waals surface area contributed by atoms with Crippen molar-refractivity contribution < 1.29 is 4.79 Å². The highest BCUT2D eigenvalue weighted by Gasteiger charge is 2.18. The van der Waals surface area contributed by atoms with Gasteiger partial charge in [-0.25, -0.2) is 9.97 Å². The Morgan fingerprint density at radius 2 is 2.05 bits per heavy atom. The smallest absolute Gasteiger partial charge is 0.244 e. The van der Waals surface area contributed by atoms with Gasteiger partial charge in [0, 0.05) is 20.1 Å². The largest absolute Gasteiger partial charge is 0.369 e. The molecule has 1 unspecified atom stereocenters. The van der Waals surface area contributed by atoms with Gasteiger partial charge in [-0.2, -0.15) is 0 Å². The Morgan fingerprint density at radius 3 is 2.65 bits per heavy atom. The molecule has 0 radical (unpaired) electrons. The number of rotatable bonds is 7. The van der Waals surface area contributed by atoms with Gasteiger partial charge in [0.25, 0.3) is 0 Å². The van der Waals surface area contributed by atoms with Crippen LogP contribution in [0.2, 0.25) is 0 Å². The highest BCUT2D eigenvalue weighted by atomic mass is 79.9. The highest BCUT2D eigenvalue weighted by molar-refractivity contribution is 9.10. The second kappa shape index (κ2) is 8.04.